The van der Waals surface area contributed by atoms with Crippen molar-refractivity contribution in [3.63, 3.8) is 0 Å². The van der Waals surface area contributed by atoms with Crippen molar-refractivity contribution in [2.45, 2.75) is 31.8 Å². The molecule has 1 unspecified atom stereocenters. The first kappa shape index (κ1) is 19.1. The maximum absolute atomic E-state index is 12.8. The number of nitrogens with two attached hydrogens (primary N) is 1. The van der Waals surface area contributed by atoms with E-state index < -0.39 is 0 Å². The van der Waals surface area contributed by atoms with Gasteiger partial charge in [0.05, 0.1) is 12.0 Å². The zero-order valence-electron chi connectivity index (χ0n) is 14.9. The lowest BCUT2D eigenvalue weighted by Crippen LogP contribution is -2.44. The Balaban J connectivity index is 1.51. The fraction of sp³-hybridized carbons (Fsp3) is 0.579. The zero-order valence-corrected chi connectivity index (χ0v) is 15.7. The second-order valence-corrected chi connectivity index (χ2v) is 7.36. The van der Waals surface area contributed by atoms with Crippen LogP contribution in [-0.2, 0) is 14.3 Å². The van der Waals surface area contributed by atoms with Crippen LogP contribution in [0.4, 0.5) is 5.69 Å². The third kappa shape index (κ3) is 4.55. The minimum Gasteiger partial charge on any atom is -0.378 e. The number of hydrogen-bond acceptors (Lipinski definition) is 4. The molecule has 3 rings (SSSR count). The van der Waals surface area contributed by atoms with Gasteiger partial charge in [0.15, 0.2) is 0 Å². The Morgan fingerprint density at radius 3 is 2.58 bits per heavy atom. The highest BCUT2D eigenvalue weighted by Crippen LogP contribution is 2.28. The summed E-state index contributed by atoms with van der Waals surface area (Å²) in [6.45, 7) is 3.14. The maximum atomic E-state index is 12.8. The van der Waals surface area contributed by atoms with Crippen LogP contribution in [0.5, 0.6) is 0 Å². The predicted molar refractivity (Wildman–Crippen MR) is 101 cm³/mol. The molecular weight excluding hydrogens is 354 g/mol. The van der Waals surface area contributed by atoms with Crippen LogP contribution in [0.3, 0.4) is 0 Å². The number of hydrogen-bond donors (Lipinski definition) is 1. The number of likely N-dealkylation sites (tertiary alicyclic amines) is 1. The highest BCUT2D eigenvalue weighted by molar-refractivity contribution is 6.30. The molecule has 2 fully saturated rings. The Morgan fingerprint density at radius 2 is 1.92 bits per heavy atom. The summed E-state index contributed by atoms with van der Waals surface area (Å²) in [5, 5.41) is 0.629. The van der Waals surface area contributed by atoms with E-state index in [1.165, 1.54) is 0 Å². The average Bonchev–Trinajstić information content (AvgIpc) is 3.04. The summed E-state index contributed by atoms with van der Waals surface area (Å²) in [6.07, 6.45) is 3.04. The van der Waals surface area contributed by atoms with E-state index in [9.17, 15) is 9.59 Å². The van der Waals surface area contributed by atoms with Gasteiger partial charge in [0.2, 0.25) is 11.8 Å². The lowest BCUT2D eigenvalue weighted by Gasteiger charge is -2.33. The third-order valence-corrected chi connectivity index (χ3v) is 5.32. The molecule has 2 N–H and O–H groups in total. The topological polar surface area (TPSA) is 75.9 Å². The summed E-state index contributed by atoms with van der Waals surface area (Å²) in [5.41, 5.74) is 6.27. The van der Waals surface area contributed by atoms with E-state index >= 15 is 0 Å². The molecule has 0 radical (unpaired) electrons. The molecule has 142 valence electrons. The van der Waals surface area contributed by atoms with Crippen LogP contribution in [0.2, 0.25) is 5.02 Å². The lowest BCUT2D eigenvalue weighted by atomic mass is 10.0. The number of anilines is 1. The molecule has 1 aromatic carbocycles. The third-order valence-electron chi connectivity index (χ3n) is 5.07. The number of rotatable bonds is 6. The second kappa shape index (κ2) is 8.84. The molecule has 0 aliphatic carbocycles. The highest BCUT2D eigenvalue weighted by atomic mass is 35.5. The van der Waals surface area contributed by atoms with Gasteiger partial charge in [0.25, 0.3) is 0 Å². The van der Waals surface area contributed by atoms with Gasteiger partial charge in [0, 0.05) is 43.4 Å². The van der Waals surface area contributed by atoms with Crippen molar-refractivity contribution < 1.29 is 14.3 Å². The van der Waals surface area contributed by atoms with Gasteiger partial charge in [-0.05, 0) is 50.1 Å². The minimum atomic E-state index is -0.270. The Bertz CT molecular complexity index is 629. The van der Waals surface area contributed by atoms with E-state index in [4.69, 9.17) is 22.1 Å². The normalized spacial score (nSPS) is 21.5. The molecule has 2 heterocycles. The quantitative estimate of drug-likeness (QED) is 0.767. The Morgan fingerprint density at radius 1 is 1.23 bits per heavy atom. The number of carbonyl (C=O) groups excluding carboxylic acids is 2. The van der Waals surface area contributed by atoms with Crippen LogP contribution in [0.1, 0.15) is 25.7 Å². The van der Waals surface area contributed by atoms with E-state index in [0.29, 0.717) is 37.8 Å². The van der Waals surface area contributed by atoms with Gasteiger partial charge in [-0.15, -0.1) is 0 Å². The van der Waals surface area contributed by atoms with Crippen LogP contribution >= 0.6 is 11.6 Å². The van der Waals surface area contributed by atoms with Gasteiger partial charge < -0.3 is 20.3 Å². The van der Waals surface area contributed by atoms with Crippen LogP contribution in [0, 0.1) is 5.92 Å². The number of piperidine rings is 1. The standard InChI is InChI=1S/C19H26ClN3O3/c20-15-2-4-16(5-3-15)23-13-14(12-18(23)24)19(25)22-9-6-17(7-10-22)26-11-1-8-21/h2-5,14,17H,1,6-13,21H2. The lowest BCUT2D eigenvalue weighted by molar-refractivity contribution is -0.138. The molecule has 1 aromatic rings. The summed E-state index contributed by atoms with van der Waals surface area (Å²) in [6, 6.07) is 7.15. The van der Waals surface area contributed by atoms with Crippen molar-refractivity contribution in [2.24, 2.45) is 11.7 Å². The van der Waals surface area contributed by atoms with E-state index in [-0.39, 0.29) is 30.3 Å². The van der Waals surface area contributed by atoms with Gasteiger partial charge in [0.1, 0.15) is 0 Å². The maximum Gasteiger partial charge on any atom is 0.228 e. The highest BCUT2D eigenvalue weighted by Gasteiger charge is 2.38. The SMILES string of the molecule is NCCCOC1CCN(C(=O)C2CC(=O)N(c3ccc(Cl)cc3)C2)CC1. The van der Waals surface area contributed by atoms with Crippen molar-refractivity contribution >= 4 is 29.1 Å². The Hall–Kier alpha value is -1.63. The number of nitrogens with zero attached hydrogens (tertiary/aromatic N) is 2. The van der Waals surface area contributed by atoms with E-state index in [1.807, 2.05) is 17.0 Å². The van der Waals surface area contributed by atoms with Gasteiger partial charge in [-0.3, -0.25) is 9.59 Å². The number of halogens is 1. The molecule has 0 saturated carbocycles. The van der Waals surface area contributed by atoms with E-state index in [1.54, 1.807) is 17.0 Å². The van der Waals surface area contributed by atoms with Crippen LogP contribution in [0.25, 0.3) is 0 Å². The largest absolute Gasteiger partial charge is 0.378 e. The molecule has 2 amide bonds. The van der Waals surface area contributed by atoms with Crippen molar-refractivity contribution in [3.8, 4) is 0 Å². The number of benzene rings is 1. The van der Waals surface area contributed by atoms with E-state index in [2.05, 4.69) is 0 Å². The summed E-state index contributed by atoms with van der Waals surface area (Å²) in [5.74, 6) is -0.200. The van der Waals surface area contributed by atoms with Crippen LogP contribution in [-0.4, -0.2) is 55.6 Å². The molecule has 7 heteroatoms. The number of carbonyl (C=O) groups is 2. The molecule has 2 aliphatic heterocycles. The summed E-state index contributed by atoms with van der Waals surface area (Å²) in [7, 11) is 0. The molecular formula is C19H26ClN3O3. The molecule has 0 spiro atoms. The van der Waals surface area contributed by atoms with Gasteiger partial charge in [-0.2, -0.15) is 0 Å². The van der Waals surface area contributed by atoms with Gasteiger partial charge >= 0.3 is 0 Å². The molecule has 1 atom stereocenters. The van der Waals surface area contributed by atoms with Gasteiger partial charge in [-0.1, -0.05) is 11.6 Å². The van der Waals surface area contributed by atoms with Crippen molar-refractivity contribution in [1.29, 1.82) is 0 Å². The number of ether oxygens (including phenoxy) is 1. The Kier molecular flexibility index (Phi) is 6.51. The monoisotopic (exact) mass is 379 g/mol. The summed E-state index contributed by atoms with van der Waals surface area (Å²) >= 11 is 5.91. The molecule has 0 aromatic heterocycles. The van der Waals surface area contributed by atoms with Crippen molar-refractivity contribution in [3.05, 3.63) is 29.3 Å². The minimum absolute atomic E-state index is 0.00863. The number of amides is 2. The average molecular weight is 380 g/mol. The van der Waals surface area contributed by atoms with Gasteiger partial charge in [-0.25, -0.2) is 0 Å². The second-order valence-electron chi connectivity index (χ2n) is 6.92. The fourth-order valence-electron chi connectivity index (χ4n) is 3.58. The Labute approximate surface area is 159 Å². The molecule has 2 aliphatic rings. The molecule has 2 saturated heterocycles. The van der Waals surface area contributed by atoms with Crippen LogP contribution in [0.15, 0.2) is 24.3 Å². The van der Waals surface area contributed by atoms with Crippen molar-refractivity contribution in [2.75, 3.05) is 37.7 Å². The van der Waals surface area contributed by atoms with Crippen LogP contribution < -0.4 is 10.6 Å². The summed E-state index contributed by atoms with van der Waals surface area (Å²) in [4.78, 5) is 28.7. The molecule has 6 nitrogen and oxygen atoms in total. The smallest absolute Gasteiger partial charge is 0.228 e. The van der Waals surface area contributed by atoms with E-state index in [0.717, 1.165) is 24.9 Å². The first-order valence-corrected chi connectivity index (χ1v) is 9.62. The first-order chi connectivity index (χ1) is 12.6. The predicted octanol–water partition coefficient (Wildman–Crippen LogP) is 2.05. The first-order valence-electron chi connectivity index (χ1n) is 9.25. The molecule has 0 bridgehead atoms. The summed E-state index contributed by atoms with van der Waals surface area (Å²) < 4.78 is 5.79. The zero-order chi connectivity index (χ0) is 18.5. The fourth-order valence-corrected chi connectivity index (χ4v) is 3.70. The van der Waals surface area contributed by atoms with Crippen molar-refractivity contribution in [1.82, 2.24) is 4.90 Å². The molecule has 26 heavy (non-hydrogen) atoms.